The maximum Gasteiger partial charge on any atom is 0.0594 e. The van der Waals surface area contributed by atoms with Gasteiger partial charge in [0, 0.05) is 20.6 Å². The molecule has 0 bridgehead atoms. The van der Waals surface area contributed by atoms with E-state index in [9.17, 15) is 0 Å². The fourth-order valence-electron chi connectivity index (χ4n) is 1.47. The third-order valence-corrected chi connectivity index (χ3v) is 2.07. The molecular weight excluding hydrogens is 174 g/mol. The summed E-state index contributed by atoms with van der Waals surface area (Å²) in [6, 6.07) is 6.22. The normalized spacial score (nSPS) is 10.6. The summed E-state index contributed by atoms with van der Waals surface area (Å²) in [5, 5.41) is 0. The molecule has 0 heterocycles. The summed E-state index contributed by atoms with van der Waals surface area (Å²) in [7, 11) is 8.10. The molecule has 0 aliphatic carbocycles. The summed E-state index contributed by atoms with van der Waals surface area (Å²) >= 11 is 0. The lowest BCUT2D eigenvalue weighted by atomic mass is 10.1. The highest BCUT2D eigenvalue weighted by atomic mass is 15.1. The Morgan fingerprint density at radius 1 is 1.14 bits per heavy atom. The van der Waals surface area contributed by atoms with Crippen molar-refractivity contribution in [3.63, 3.8) is 0 Å². The third kappa shape index (κ3) is 2.64. The monoisotopic (exact) mass is 193 g/mol. The highest BCUT2D eigenvalue weighted by molar-refractivity contribution is 5.67. The van der Waals surface area contributed by atoms with Crippen LogP contribution in [0.15, 0.2) is 18.2 Å². The molecule has 0 aliphatic rings. The Balaban J connectivity index is 2.89. The summed E-state index contributed by atoms with van der Waals surface area (Å²) in [4.78, 5) is 4.15. The van der Waals surface area contributed by atoms with E-state index in [2.05, 4.69) is 31.1 Å². The summed E-state index contributed by atoms with van der Waals surface area (Å²) in [5.41, 5.74) is 9.10. The van der Waals surface area contributed by atoms with Crippen LogP contribution in [0.5, 0.6) is 0 Å². The number of hydrogen-bond donors (Lipinski definition) is 1. The minimum absolute atomic E-state index is 0.842. The zero-order chi connectivity index (χ0) is 10.7. The molecule has 0 aliphatic heterocycles. The van der Waals surface area contributed by atoms with Crippen molar-refractivity contribution in [3.8, 4) is 0 Å². The topological polar surface area (TPSA) is 32.5 Å². The first-order chi connectivity index (χ1) is 6.50. The van der Waals surface area contributed by atoms with Gasteiger partial charge in [-0.2, -0.15) is 0 Å². The summed E-state index contributed by atoms with van der Waals surface area (Å²) in [5.74, 6) is 0. The van der Waals surface area contributed by atoms with Crippen LogP contribution in [-0.4, -0.2) is 33.1 Å². The molecule has 0 aromatic heterocycles. The van der Waals surface area contributed by atoms with Crippen molar-refractivity contribution >= 4 is 11.4 Å². The predicted octanol–water partition coefficient (Wildman–Crippen LogP) is 1.40. The van der Waals surface area contributed by atoms with Crippen LogP contribution in [0, 0.1) is 0 Å². The van der Waals surface area contributed by atoms with Gasteiger partial charge in [-0.25, -0.2) is 0 Å². The number of nitrogen functional groups attached to an aromatic ring is 1. The minimum Gasteiger partial charge on any atom is -0.397 e. The van der Waals surface area contributed by atoms with E-state index in [4.69, 9.17) is 5.73 Å². The Morgan fingerprint density at radius 2 is 1.79 bits per heavy atom. The largest absolute Gasteiger partial charge is 0.397 e. The average molecular weight is 193 g/mol. The first-order valence-corrected chi connectivity index (χ1v) is 4.71. The standard InChI is InChI=1S/C11H19N3/c1-13(2)8-9-5-6-11(14(3)4)10(12)7-9/h5-7H,8,12H2,1-4H3. The first-order valence-electron chi connectivity index (χ1n) is 4.71. The highest BCUT2D eigenvalue weighted by Crippen LogP contribution is 2.22. The number of anilines is 2. The molecule has 1 aromatic carbocycles. The van der Waals surface area contributed by atoms with Crippen molar-refractivity contribution in [2.45, 2.75) is 6.54 Å². The Kier molecular flexibility index (Phi) is 3.36. The molecule has 3 heteroatoms. The van der Waals surface area contributed by atoms with E-state index < -0.39 is 0 Å². The molecule has 78 valence electrons. The summed E-state index contributed by atoms with van der Waals surface area (Å²) in [6.45, 7) is 0.928. The van der Waals surface area contributed by atoms with Gasteiger partial charge in [-0.1, -0.05) is 6.07 Å². The third-order valence-electron chi connectivity index (χ3n) is 2.07. The molecule has 0 radical (unpaired) electrons. The second-order valence-corrected chi connectivity index (χ2v) is 4.03. The van der Waals surface area contributed by atoms with Crippen molar-refractivity contribution in [1.82, 2.24) is 4.90 Å². The second-order valence-electron chi connectivity index (χ2n) is 4.03. The van der Waals surface area contributed by atoms with Crippen LogP contribution in [-0.2, 0) is 6.54 Å². The Morgan fingerprint density at radius 3 is 2.21 bits per heavy atom. The molecule has 0 amide bonds. The van der Waals surface area contributed by atoms with E-state index >= 15 is 0 Å². The average Bonchev–Trinajstić information content (AvgIpc) is 2.01. The highest BCUT2D eigenvalue weighted by Gasteiger charge is 2.02. The van der Waals surface area contributed by atoms with Crippen LogP contribution >= 0.6 is 0 Å². The molecule has 0 unspecified atom stereocenters. The number of nitrogens with zero attached hydrogens (tertiary/aromatic N) is 2. The maximum atomic E-state index is 5.94. The van der Waals surface area contributed by atoms with E-state index in [-0.39, 0.29) is 0 Å². The molecule has 1 rings (SSSR count). The van der Waals surface area contributed by atoms with E-state index in [0.717, 1.165) is 17.9 Å². The Hall–Kier alpha value is -1.22. The first kappa shape index (κ1) is 10.9. The fourth-order valence-corrected chi connectivity index (χ4v) is 1.47. The lowest BCUT2D eigenvalue weighted by Crippen LogP contribution is -2.13. The lowest BCUT2D eigenvalue weighted by molar-refractivity contribution is 0.402. The Labute approximate surface area is 86.1 Å². The van der Waals surface area contributed by atoms with Gasteiger partial charge in [0.15, 0.2) is 0 Å². The second kappa shape index (κ2) is 4.33. The SMILES string of the molecule is CN(C)Cc1ccc(N(C)C)c(N)c1. The number of hydrogen-bond acceptors (Lipinski definition) is 3. The quantitative estimate of drug-likeness (QED) is 0.736. The fraction of sp³-hybridized carbons (Fsp3) is 0.455. The van der Waals surface area contributed by atoms with Crippen molar-refractivity contribution < 1.29 is 0 Å². The van der Waals surface area contributed by atoms with E-state index in [1.807, 2.05) is 25.1 Å². The van der Waals surface area contributed by atoms with Crippen LogP contribution in [0.25, 0.3) is 0 Å². The smallest absolute Gasteiger partial charge is 0.0594 e. The molecular formula is C11H19N3. The van der Waals surface area contributed by atoms with Crippen LogP contribution in [0.2, 0.25) is 0 Å². The molecule has 14 heavy (non-hydrogen) atoms. The van der Waals surface area contributed by atoms with Crippen molar-refractivity contribution in [2.24, 2.45) is 0 Å². The predicted molar refractivity (Wildman–Crippen MR) is 62.6 cm³/mol. The molecule has 0 saturated carbocycles. The van der Waals surface area contributed by atoms with E-state index in [0.29, 0.717) is 0 Å². The van der Waals surface area contributed by atoms with Gasteiger partial charge in [-0.15, -0.1) is 0 Å². The maximum absolute atomic E-state index is 5.94. The molecule has 3 nitrogen and oxygen atoms in total. The molecule has 0 saturated heterocycles. The zero-order valence-corrected chi connectivity index (χ0v) is 9.41. The number of nitrogens with two attached hydrogens (primary N) is 1. The molecule has 1 aromatic rings. The van der Waals surface area contributed by atoms with Crippen molar-refractivity contribution in [2.75, 3.05) is 38.8 Å². The van der Waals surface area contributed by atoms with Crippen LogP contribution in [0.4, 0.5) is 11.4 Å². The van der Waals surface area contributed by atoms with Crippen LogP contribution in [0.1, 0.15) is 5.56 Å². The van der Waals surface area contributed by atoms with Gasteiger partial charge in [0.05, 0.1) is 11.4 Å². The van der Waals surface area contributed by atoms with Gasteiger partial charge in [0.25, 0.3) is 0 Å². The lowest BCUT2D eigenvalue weighted by Gasteiger charge is -2.17. The van der Waals surface area contributed by atoms with Crippen LogP contribution in [0.3, 0.4) is 0 Å². The molecule has 0 atom stereocenters. The Bertz CT molecular complexity index is 305. The summed E-state index contributed by atoms with van der Waals surface area (Å²) in [6.07, 6.45) is 0. The van der Waals surface area contributed by atoms with Gasteiger partial charge >= 0.3 is 0 Å². The van der Waals surface area contributed by atoms with E-state index in [1.165, 1.54) is 5.56 Å². The summed E-state index contributed by atoms with van der Waals surface area (Å²) < 4.78 is 0. The van der Waals surface area contributed by atoms with Gasteiger partial charge < -0.3 is 15.5 Å². The number of benzene rings is 1. The van der Waals surface area contributed by atoms with Gasteiger partial charge in [-0.3, -0.25) is 0 Å². The molecule has 0 fully saturated rings. The minimum atomic E-state index is 0.842. The van der Waals surface area contributed by atoms with Crippen LogP contribution < -0.4 is 10.6 Å². The molecule has 2 N–H and O–H groups in total. The van der Waals surface area contributed by atoms with Gasteiger partial charge in [-0.05, 0) is 31.8 Å². The van der Waals surface area contributed by atoms with Crippen molar-refractivity contribution in [1.29, 1.82) is 0 Å². The number of rotatable bonds is 3. The molecule has 0 spiro atoms. The van der Waals surface area contributed by atoms with Gasteiger partial charge in [0.1, 0.15) is 0 Å². The zero-order valence-electron chi connectivity index (χ0n) is 9.41. The van der Waals surface area contributed by atoms with Crippen molar-refractivity contribution in [3.05, 3.63) is 23.8 Å². The van der Waals surface area contributed by atoms with Gasteiger partial charge in [0.2, 0.25) is 0 Å². The van der Waals surface area contributed by atoms with E-state index in [1.54, 1.807) is 0 Å².